The number of fused-ring (bicyclic) bond motifs is 1. The number of nitrogens with zero attached hydrogens (tertiary/aromatic N) is 1. The number of nitrogens with one attached hydrogen (secondary N) is 3. The highest BCUT2D eigenvalue weighted by Crippen LogP contribution is 2.29. The maximum absolute atomic E-state index is 11.1. The van der Waals surface area contributed by atoms with Crippen molar-refractivity contribution in [2.45, 2.75) is 31.3 Å². The molecule has 4 rings (SSSR count). The Kier molecular flexibility index (Phi) is 6.48. The van der Waals surface area contributed by atoms with Gasteiger partial charge in [-0.1, -0.05) is 61.5 Å². The van der Waals surface area contributed by atoms with E-state index in [2.05, 4.69) is 58.2 Å². The minimum atomic E-state index is -0.808. The molecular weight excluding hydrogens is 388 g/mol. The smallest absolute Gasteiger partial charge is 0.307 e. The Bertz CT molecular complexity index is 1020. The van der Waals surface area contributed by atoms with Gasteiger partial charge < -0.3 is 21.1 Å². The highest BCUT2D eigenvalue weighted by Gasteiger charge is 2.27. The Morgan fingerprint density at radius 1 is 1.13 bits per heavy atom. The van der Waals surface area contributed by atoms with Crippen LogP contribution < -0.4 is 16.0 Å². The molecule has 2 aromatic carbocycles. The van der Waals surface area contributed by atoms with Crippen molar-refractivity contribution in [3.05, 3.63) is 89.6 Å². The van der Waals surface area contributed by atoms with E-state index in [0.717, 1.165) is 35.7 Å². The lowest BCUT2D eigenvalue weighted by molar-refractivity contribution is -0.136. The Morgan fingerprint density at radius 2 is 1.94 bits per heavy atom. The fraction of sp³-hybridized carbons (Fsp3) is 0.280. The van der Waals surface area contributed by atoms with Gasteiger partial charge in [-0.3, -0.25) is 4.79 Å². The van der Waals surface area contributed by atoms with Crippen LogP contribution in [0, 0.1) is 0 Å². The molecule has 0 spiro atoms. The molecule has 0 fully saturated rings. The number of hydrogen-bond acceptors (Lipinski definition) is 5. The zero-order valence-corrected chi connectivity index (χ0v) is 17.6. The third-order valence-corrected chi connectivity index (χ3v) is 5.72. The number of aliphatic carboxylic acids is 1. The fourth-order valence-electron chi connectivity index (χ4n) is 4.07. The predicted octanol–water partition coefficient (Wildman–Crippen LogP) is 4.05. The first-order valence-corrected chi connectivity index (χ1v) is 10.6. The third-order valence-electron chi connectivity index (χ3n) is 5.72. The summed E-state index contributed by atoms with van der Waals surface area (Å²) in [6.07, 6.45) is 1.84. The summed E-state index contributed by atoms with van der Waals surface area (Å²) in [5.74, 6) is 0.301. The molecule has 6 heteroatoms. The molecule has 2 heterocycles. The van der Waals surface area contributed by atoms with Crippen LogP contribution in [-0.4, -0.2) is 35.2 Å². The lowest BCUT2D eigenvalue weighted by Crippen LogP contribution is -2.45. The summed E-state index contributed by atoms with van der Waals surface area (Å²) in [7, 11) is 0. The van der Waals surface area contributed by atoms with Crippen LogP contribution in [0.2, 0.25) is 0 Å². The van der Waals surface area contributed by atoms with Crippen molar-refractivity contribution >= 4 is 17.5 Å². The topological polar surface area (TPSA) is 86.3 Å². The molecule has 160 valence electrons. The van der Waals surface area contributed by atoms with E-state index in [9.17, 15) is 4.79 Å². The molecule has 0 unspecified atom stereocenters. The van der Waals surface area contributed by atoms with Crippen molar-refractivity contribution in [1.82, 2.24) is 10.3 Å². The lowest BCUT2D eigenvalue weighted by atomic mass is 9.94. The van der Waals surface area contributed by atoms with Gasteiger partial charge in [0.1, 0.15) is 5.82 Å². The van der Waals surface area contributed by atoms with Crippen LogP contribution in [0.25, 0.3) is 0 Å². The van der Waals surface area contributed by atoms with Crippen molar-refractivity contribution in [3.63, 3.8) is 0 Å². The molecule has 6 nitrogen and oxygen atoms in total. The van der Waals surface area contributed by atoms with Crippen LogP contribution in [0.1, 0.15) is 35.6 Å². The SMILES string of the molecule is C[C@@H](CN[C@H](c1ccccc1)[C@H]1CNc2cccnc2N1)c1cccc(CC(=O)O)c1. The molecule has 4 N–H and O–H groups in total. The van der Waals surface area contributed by atoms with Crippen LogP contribution in [0.5, 0.6) is 0 Å². The molecule has 0 saturated carbocycles. The van der Waals surface area contributed by atoms with Gasteiger partial charge in [0, 0.05) is 19.3 Å². The summed E-state index contributed by atoms with van der Waals surface area (Å²) in [6.45, 7) is 3.72. The average molecular weight is 417 g/mol. The lowest BCUT2D eigenvalue weighted by Gasteiger charge is -2.35. The summed E-state index contributed by atoms with van der Waals surface area (Å²) >= 11 is 0. The number of rotatable bonds is 8. The summed E-state index contributed by atoms with van der Waals surface area (Å²) < 4.78 is 0. The number of hydrogen-bond donors (Lipinski definition) is 4. The van der Waals surface area contributed by atoms with Gasteiger partial charge in [-0.15, -0.1) is 0 Å². The van der Waals surface area contributed by atoms with Crippen molar-refractivity contribution < 1.29 is 9.90 Å². The van der Waals surface area contributed by atoms with E-state index < -0.39 is 5.97 Å². The molecule has 1 aliphatic rings. The molecular formula is C25H28N4O2. The number of carbonyl (C=O) groups is 1. The molecule has 0 amide bonds. The molecule has 3 atom stereocenters. The minimum Gasteiger partial charge on any atom is -0.481 e. The number of anilines is 2. The maximum atomic E-state index is 11.1. The second-order valence-corrected chi connectivity index (χ2v) is 8.04. The molecule has 1 aromatic heterocycles. The molecule has 0 aliphatic carbocycles. The van der Waals surface area contributed by atoms with E-state index in [0.29, 0.717) is 0 Å². The largest absolute Gasteiger partial charge is 0.481 e. The minimum absolute atomic E-state index is 0.0463. The second kappa shape index (κ2) is 9.62. The van der Waals surface area contributed by atoms with E-state index >= 15 is 0 Å². The normalized spacial score (nSPS) is 17.0. The van der Waals surface area contributed by atoms with E-state index in [4.69, 9.17) is 5.11 Å². The number of carboxylic acid groups (broad SMARTS) is 1. The summed E-state index contributed by atoms with van der Waals surface area (Å²) in [5.41, 5.74) is 4.21. The van der Waals surface area contributed by atoms with Gasteiger partial charge >= 0.3 is 5.97 Å². The van der Waals surface area contributed by atoms with Gasteiger partial charge in [-0.2, -0.15) is 0 Å². The van der Waals surface area contributed by atoms with Crippen LogP contribution in [-0.2, 0) is 11.2 Å². The monoisotopic (exact) mass is 416 g/mol. The second-order valence-electron chi connectivity index (χ2n) is 8.04. The Balaban J connectivity index is 1.49. The van der Waals surface area contributed by atoms with Crippen molar-refractivity contribution in [3.8, 4) is 0 Å². The number of aromatic nitrogens is 1. The van der Waals surface area contributed by atoms with E-state index in [-0.39, 0.29) is 24.4 Å². The van der Waals surface area contributed by atoms with Gasteiger partial charge in [0.05, 0.1) is 24.2 Å². The first-order chi connectivity index (χ1) is 15.1. The zero-order valence-electron chi connectivity index (χ0n) is 17.6. The van der Waals surface area contributed by atoms with Gasteiger partial charge in [-0.25, -0.2) is 4.98 Å². The standard InChI is InChI=1S/C25H28N4O2/c1-17(20-10-5-7-18(13-20)14-23(30)31)15-28-24(19-8-3-2-4-9-19)22-16-27-21-11-6-12-26-25(21)29-22/h2-13,17,22,24,27-28H,14-16H2,1H3,(H,26,29)(H,30,31)/t17-,22+,24+/m0/s1. The highest BCUT2D eigenvalue weighted by molar-refractivity contribution is 5.70. The summed E-state index contributed by atoms with van der Waals surface area (Å²) in [6, 6.07) is 22.5. The maximum Gasteiger partial charge on any atom is 0.307 e. The Labute approximate surface area is 182 Å². The van der Waals surface area contributed by atoms with E-state index in [1.807, 2.05) is 36.4 Å². The quantitative estimate of drug-likeness (QED) is 0.443. The zero-order chi connectivity index (χ0) is 21.6. The van der Waals surface area contributed by atoms with Crippen LogP contribution in [0.15, 0.2) is 72.9 Å². The molecule has 0 radical (unpaired) electrons. The Morgan fingerprint density at radius 3 is 2.74 bits per heavy atom. The van der Waals surface area contributed by atoms with Gasteiger partial charge in [0.25, 0.3) is 0 Å². The van der Waals surface area contributed by atoms with Gasteiger partial charge in [0.15, 0.2) is 0 Å². The fourth-order valence-corrected chi connectivity index (χ4v) is 4.07. The third kappa shape index (κ3) is 5.22. The number of pyridine rings is 1. The van der Waals surface area contributed by atoms with E-state index in [1.165, 1.54) is 5.56 Å². The van der Waals surface area contributed by atoms with E-state index in [1.54, 1.807) is 6.20 Å². The molecule has 0 bridgehead atoms. The molecule has 1 aliphatic heterocycles. The Hall–Kier alpha value is -3.38. The first kappa shape index (κ1) is 20.9. The first-order valence-electron chi connectivity index (χ1n) is 10.6. The average Bonchev–Trinajstić information content (AvgIpc) is 2.79. The van der Waals surface area contributed by atoms with Crippen molar-refractivity contribution in [1.29, 1.82) is 0 Å². The molecule has 31 heavy (non-hydrogen) atoms. The van der Waals surface area contributed by atoms with Crippen LogP contribution in [0.3, 0.4) is 0 Å². The summed E-state index contributed by atoms with van der Waals surface area (Å²) in [4.78, 5) is 15.5. The summed E-state index contributed by atoms with van der Waals surface area (Å²) in [5, 5.41) is 19.9. The molecule has 3 aromatic rings. The van der Waals surface area contributed by atoms with Crippen molar-refractivity contribution in [2.75, 3.05) is 23.7 Å². The van der Waals surface area contributed by atoms with Crippen molar-refractivity contribution in [2.24, 2.45) is 0 Å². The van der Waals surface area contributed by atoms with Crippen LogP contribution in [0.4, 0.5) is 11.5 Å². The highest BCUT2D eigenvalue weighted by atomic mass is 16.4. The predicted molar refractivity (Wildman–Crippen MR) is 124 cm³/mol. The molecule has 0 saturated heterocycles. The number of carboxylic acids is 1. The van der Waals surface area contributed by atoms with Gasteiger partial charge in [0.2, 0.25) is 0 Å². The van der Waals surface area contributed by atoms with Gasteiger partial charge in [-0.05, 0) is 34.7 Å². The van der Waals surface area contributed by atoms with Crippen LogP contribution >= 0.6 is 0 Å². The number of benzene rings is 2.